The lowest BCUT2D eigenvalue weighted by atomic mass is 9.87. The van der Waals surface area contributed by atoms with Crippen LogP contribution in [-0.4, -0.2) is 18.0 Å². The monoisotopic (exact) mass is 198 g/mol. The molecule has 0 saturated carbocycles. The van der Waals surface area contributed by atoms with Gasteiger partial charge in [-0.25, -0.2) is 0 Å². The van der Waals surface area contributed by atoms with Crippen LogP contribution in [0.15, 0.2) is 12.2 Å². The van der Waals surface area contributed by atoms with Crippen LogP contribution >= 0.6 is 0 Å². The minimum atomic E-state index is -0.213. The maximum absolute atomic E-state index is 5.89. The minimum Gasteiger partial charge on any atom is -0.349 e. The molecule has 1 heterocycles. The number of ether oxygens (including phenoxy) is 2. The van der Waals surface area contributed by atoms with E-state index < -0.39 is 0 Å². The van der Waals surface area contributed by atoms with Crippen molar-refractivity contribution in [1.82, 2.24) is 0 Å². The molecule has 0 amide bonds. The van der Waals surface area contributed by atoms with Crippen LogP contribution in [-0.2, 0) is 9.47 Å². The summed E-state index contributed by atoms with van der Waals surface area (Å²) in [6.45, 7) is 12.4. The Labute approximate surface area is 87.3 Å². The van der Waals surface area contributed by atoms with E-state index in [0.29, 0.717) is 0 Å². The first-order valence-electron chi connectivity index (χ1n) is 5.27. The fourth-order valence-corrected chi connectivity index (χ4v) is 1.41. The number of rotatable bonds is 2. The molecule has 1 unspecified atom stereocenters. The lowest BCUT2D eigenvalue weighted by molar-refractivity contribution is -0.245. The Balaban J connectivity index is 2.78. The molecule has 2 nitrogen and oxygen atoms in total. The second-order valence-electron chi connectivity index (χ2n) is 5.39. The SMILES string of the molecule is CC(C)OC1OC(C)(C)C=CC1(C)C. The van der Waals surface area contributed by atoms with E-state index in [1.54, 1.807) is 0 Å². The summed E-state index contributed by atoms with van der Waals surface area (Å²) in [7, 11) is 0. The quantitative estimate of drug-likeness (QED) is 0.635. The molecular weight excluding hydrogens is 176 g/mol. The first kappa shape index (κ1) is 11.7. The van der Waals surface area contributed by atoms with Crippen LogP contribution in [0.2, 0.25) is 0 Å². The molecule has 0 N–H and O–H groups in total. The standard InChI is InChI=1S/C12H22O2/c1-9(2)13-10-11(3,4)7-8-12(5,6)14-10/h7-10H,1-6H3. The van der Waals surface area contributed by atoms with E-state index in [9.17, 15) is 0 Å². The Morgan fingerprint density at radius 3 is 2.21 bits per heavy atom. The van der Waals surface area contributed by atoms with Crippen molar-refractivity contribution in [3.8, 4) is 0 Å². The third-order valence-corrected chi connectivity index (χ3v) is 2.33. The van der Waals surface area contributed by atoms with Crippen LogP contribution in [0.1, 0.15) is 41.5 Å². The minimum absolute atomic E-state index is 0.0419. The highest BCUT2D eigenvalue weighted by molar-refractivity contribution is 5.09. The Kier molecular flexibility index (Phi) is 3.07. The molecule has 2 heteroatoms. The summed E-state index contributed by atoms with van der Waals surface area (Å²) < 4.78 is 11.7. The second kappa shape index (κ2) is 3.67. The zero-order valence-electron chi connectivity index (χ0n) is 10.1. The molecule has 1 rings (SSSR count). The molecule has 0 aromatic rings. The van der Waals surface area contributed by atoms with Crippen LogP contribution < -0.4 is 0 Å². The summed E-state index contributed by atoms with van der Waals surface area (Å²) in [5.74, 6) is 0. The van der Waals surface area contributed by atoms with E-state index in [1.807, 2.05) is 13.8 Å². The van der Waals surface area contributed by atoms with Crippen LogP contribution in [0.3, 0.4) is 0 Å². The molecule has 0 aromatic heterocycles. The summed E-state index contributed by atoms with van der Waals surface area (Å²) in [6, 6.07) is 0. The van der Waals surface area contributed by atoms with Gasteiger partial charge in [0, 0.05) is 5.41 Å². The number of hydrogen-bond donors (Lipinski definition) is 0. The molecule has 1 aliphatic heterocycles. The van der Waals surface area contributed by atoms with Gasteiger partial charge in [-0.15, -0.1) is 0 Å². The van der Waals surface area contributed by atoms with Crippen LogP contribution in [0.25, 0.3) is 0 Å². The third kappa shape index (κ3) is 2.82. The van der Waals surface area contributed by atoms with E-state index in [-0.39, 0.29) is 23.4 Å². The Bertz CT molecular complexity index is 226. The third-order valence-electron chi connectivity index (χ3n) is 2.33. The Morgan fingerprint density at radius 2 is 1.71 bits per heavy atom. The molecule has 0 bridgehead atoms. The topological polar surface area (TPSA) is 18.5 Å². The van der Waals surface area contributed by atoms with Crippen molar-refractivity contribution in [2.75, 3.05) is 0 Å². The van der Waals surface area contributed by atoms with Gasteiger partial charge in [-0.1, -0.05) is 26.0 Å². The zero-order chi connectivity index (χ0) is 11.0. The van der Waals surface area contributed by atoms with Crippen molar-refractivity contribution in [1.29, 1.82) is 0 Å². The summed E-state index contributed by atoms with van der Waals surface area (Å²) in [5.41, 5.74) is -0.255. The normalized spacial score (nSPS) is 29.5. The van der Waals surface area contributed by atoms with E-state index in [1.165, 1.54) is 0 Å². The van der Waals surface area contributed by atoms with E-state index in [0.717, 1.165) is 0 Å². The fourth-order valence-electron chi connectivity index (χ4n) is 1.41. The molecule has 1 atom stereocenters. The highest BCUT2D eigenvalue weighted by Gasteiger charge is 2.37. The molecule has 0 spiro atoms. The Morgan fingerprint density at radius 1 is 1.14 bits per heavy atom. The van der Waals surface area contributed by atoms with Crippen molar-refractivity contribution in [3.05, 3.63) is 12.2 Å². The molecule has 1 aliphatic rings. The molecule has 0 saturated heterocycles. The van der Waals surface area contributed by atoms with Crippen molar-refractivity contribution in [3.63, 3.8) is 0 Å². The van der Waals surface area contributed by atoms with Gasteiger partial charge in [0.05, 0.1) is 11.7 Å². The van der Waals surface area contributed by atoms with Gasteiger partial charge in [-0.2, -0.15) is 0 Å². The molecule has 0 fully saturated rings. The van der Waals surface area contributed by atoms with Gasteiger partial charge in [0.2, 0.25) is 0 Å². The lowest BCUT2D eigenvalue weighted by Crippen LogP contribution is -2.44. The summed E-state index contributed by atoms with van der Waals surface area (Å²) >= 11 is 0. The second-order valence-corrected chi connectivity index (χ2v) is 5.39. The van der Waals surface area contributed by atoms with Crippen LogP contribution in [0, 0.1) is 5.41 Å². The Hall–Kier alpha value is -0.340. The maximum Gasteiger partial charge on any atom is 0.167 e. The predicted octanol–water partition coefficient (Wildman–Crippen LogP) is 3.13. The highest BCUT2D eigenvalue weighted by atomic mass is 16.7. The lowest BCUT2D eigenvalue weighted by Gasteiger charge is -2.41. The first-order valence-corrected chi connectivity index (χ1v) is 5.27. The molecule has 0 radical (unpaired) electrons. The largest absolute Gasteiger partial charge is 0.349 e. The van der Waals surface area contributed by atoms with Crippen molar-refractivity contribution in [2.24, 2.45) is 5.41 Å². The summed E-state index contributed by atoms with van der Waals surface area (Å²) in [5, 5.41) is 0. The average molecular weight is 198 g/mol. The first-order chi connectivity index (χ1) is 6.23. The molecule has 0 aromatic carbocycles. The van der Waals surface area contributed by atoms with Crippen LogP contribution in [0.5, 0.6) is 0 Å². The molecule has 82 valence electrons. The molecular formula is C12H22O2. The van der Waals surface area contributed by atoms with Gasteiger partial charge >= 0.3 is 0 Å². The van der Waals surface area contributed by atoms with E-state index >= 15 is 0 Å². The van der Waals surface area contributed by atoms with E-state index in [2.05, 4.69) is 39.8 Å². The van der Waals surface area contributed by atoms with Gasteiger partial charge in [-0.3, -0.25) is 0 Å². The van der Waals surface area contributed by atoms with Crippen molar-refractivity contribution < 1.29 is 9.47 Å². The van der Waals surface area contributed by atoms with Gasteiger partial charge < -0.3 is 9.47 Å². The molecule has 0 aliphatic carbocycles. The van der Waals surface area contributed by atoms with E-state index in [4.69, 9.17) is 9.47 Å². The van der Waals surface area contributed by atoms with Gasteiger partial charge in [0.25, 0.3) is 0 Å². The average Bonchev–Trinajstić information content (AvgIpc) is 1.97. The predicted molar refractivity (Wildman–Crippen MR) is 58.1 cm³/mol. The fraction of sp³-hybridized carbons (Fsp3) is 0.833. The van der Waals surface area contributed by atoms with Gasteiger partial charge in [0.1, 0.15) is 0 Å². The highest BCUT2D eigenvalue weighted by Crippen LogP contribution is 2.35. The summed E-state index contributed by atoms with van der Waals surface area (Å²) in [4.78, 5) is 0. The molecule has 14 heavy (non-hydrogen) atoms. The smallest absolute Gasteiger partial charge is 0.167 e. The maximum atomic E-state index is 5.89. The van der Waals surface area contributed by atoms with Crippen LogP contribution in [0.4, 0.5) is 0 Å². The van der Waals surface area contributed by atoms with Crippen molar-refractivity contribution in [2.45, 2.75) is 59.5 Å². The number of hydrogen-bond acceptors (Lipinski definition) is 2. The summed E-state index contributed by atoms with van der Waals surface area (Å²) in [6.07, 6.45) is 4.33. The van der Waals surface area contributed by atoms with Crippen molar-refractivity contribution >= 4 is 0 Å². The van der Waals surface area contributed by atoms with Gasteiger partial charge in [0.15, 0.2) is 6.29 Å². The zero-order valence-corrected chi connectivity index (χ0v) is 10.1. The van der Waals surface area contributed by atoms with Gasteiger partial charge in [-0.05, 0) is 27.7 Å².